The van der Waals surface area contributed by atoms with Gasteiger partial charge in [0.2, 0.25) is 5.78 Å². The number of rotatable bonds is 9. The van der Waals surface area contributed by atoms with Gasteiger partial charge in [-0.05, 0) is 44.0 Å². The molecule has 1 aromatic heterocycles. The van der Waals surface area contributed by atoms with Gasteiger partial charge in [-0.3, -0.25) is 4.79 Å². The molecule has 0 bridgehead atoms. The fourth-order valence-corrected chi connectivity index (χ4v) is 2.80. The van der Waals surface area contributed by atoms with Crippen molar-refractivity contribution < 1.29 is 4.79 Å². The van der Waals surface area contributed by atoms with Crippen LogP contribution in [0.15, 0.2) is 42.6 Å². The smallest absolute Gasteiger partial charge is 0.209 e. The van der Waals surface area contributed by atoms with E-state index in [0.29, 0.717) is 0 Å². The van der Waals surface area contributed by atoms with Crippen LogP contribution in [0.2, 0.25) is 0 Å². The Bertz CT molecular complexity index is 568. The van der Waals surface area contributed by atoms with Crippen LogP contribution in [-0.4, -0.2) is 35.3 Å². The maximum atomic E-state index is 12.6. The van der Waals surface area contributed by atoms with E-state index < -0.39 is 0 Å². The maximum absolute atomic E-state index is 12.6. The summed E-state index contributed by atoms with van der Waals surface area (Å²) in [7, 11) is 0. The Balaban J connectivity index is 2.04. The van der Waals surface area contributed by atoms with Crippen molar-refractivity contribution >= 4 is 5.78 Å². The van der Waals surface area contributed by atoms with Crippen LogP contribution in [0.25, 0.3) is 0 Å². The van der Waals surface area contributed by atoms with Gasteiger partial charge >= 0.3 is 0 Å². The standard InChI is InChI=1S/C19H26N2O/c1-3-13-21(14-4-2)15-11-16-10-12-20-18(16)19(22)17-8-6-5-7-9-17/h5-10,12,20H,3-4,11,13-15H2,1-2H3. The summed E-state index contributed by atoms with van der Waals surface area (Å²) in [6.07, 6.45) is 5.12. The second-order valence-corrected chi connectivity index (χ2v) is 5.66. The van der Waals surface area contributed by atoms with E-state index in [0.717, 1.165) is 42.9 Å². The summed E-state index contributed by atoms with van der Waals surface area (Å²) in [5.41, 5.74) is 2.59. The molecule has 1 aromatic carbocycles. The molecule has 0 spiro atoms. The van der Waals surface area contributed by atoms with Gasteiger partial charge in [-0.1, -0.05) is 44.2 Å². The number of hydrogen-bond acceptors (Lipinski definition) is 2. The molecule has 0 aliphatic heterocycles. The predicted octanol–water partition coefficient (Wildman–Crippen LogP) is 3.91. The highest BCUT2D eigenvalue weighted by atomic mass is 16.1. The Labute approximate surface area is 133 Å². The summed E-state index contributed by atoms with van der Waals surface area (Å²) in [6.45, 7) is 7.68. The van der Waals surface area contributed by atoms with Crippen LogP contribution in [0.4, 0.5) is 0 Å². The summed E-state index contributed by atoms with van der Waals surface area (Å²) in [5, 5.41) is 0. The van der Waals surface area contributed by atoms with E-state index in [1.807, 2.05) is 42.6 Å². The van der Waals surface area contributed by atoms with Gasteiger partial charge in [0.05, 0.1) is 5.69 Å². The van der Waals surface area contributed by atoms with Crippen LogP contribution in [-0.2, 0) is 6.42 Å². The summed E-state index contributed by atoms with van der Waals surface area (Å²) < 4.78 is 0. The highest BCUT2D eigenvalue weighted by Crippen LogP contribution is 2.14. The van der Waals surface area contributed by atoms with E-state index in [9.17, 15) is 4.79 Å². The molecule has 0 aliphatic carbocycles. The first-order chi connectivity index (χ1) is 10.8. The molecule has 0 atom stereocenters. The number of nitrogens with one attached hydrogen (secondary N) is 1. The van der Waals surface area contributed by atoms with Crippen LogP contribution in [0.5, 0.6) is 0 Å². The number of carbonyl (C=O) groups excluding carboxylic acids is 1. The highest BCUT2D eigenvalue weighted by Gasteiger charge is 2.15. The molecular weight excluding hydrogens is 272 g/mol. The SMILES string of the molecule is CCCN(CCC)CCc1cc[nH]c1C(=O)c1ccccc1. The van der Waals surface area contributed by atoms with Crippen LogP contribution in [0.1, 0.15) is 48.3 Å². The molecule has 0 fully saturated rings. The zero-order valence-corrected chi connectivity index (χ0v) is 13.6. The van der Waals surface area contributed by atoms with E-state index >= 15 is 0 Å². The number of nitrogens with zero attached hydrogens (tertiary/aromatic N) is 1. The third-order valence-corrected chi connectivity index (χ3v) is 3.87. The quantitative estimate of drug-likeness (QED) is 0.713. The van der Waals surface area contributed by atoms with E-state index in [2.05, 4.69) is 23.7 Å². The number of carbonyl (C=O) groups is 1. The second kappa shape index (κ2) is 8.54. The van der Waals surface area contributed by atoms with Crippen molar-refractivity contribution in [3.63, 3.8) is 0 Å². The van der Waals surface area contributed by atoms with Gasteiger partial charge in [0.25, 0.3) is 0 Å². The van der Waals surface area contributed by atoms with Crippen molar-refractivity contribution in [3.8, 4) is 0 Å². The van der Waals surface area contributed by atoms with Crippen LogP contribution >= 0.6 is 0 Å². The second-order valence-electron chi connectivity index (χ2n) is 5.66. The minimum atomic E-state index is 0.0816. The molecule has 0 saturated carbocycles. The Morgan fingerprint density at radius 1 is 1.00 bits per heavy atom. The zero-order chi connectivity index (χ0) is 15.8. The maximum Gasteiger partial charge on any atom is 0.209 e. The van der Waals surface area contributed by atoms with Crippen molar-refractivity contribution in [2.24, 2.45) is 0 Å². The summed E-state index contributed by atoms with van der Waals surface area (Å²) in [5.74, 6) is 0.0816. The third-order valence-electron chi connectivity index (χ3n) is 3.87. The van der Waals surface area contributed by atoms with E-state index in [1.54, 1.807) is 0 Å². The monoisotopic (exact) mass is 298 g/mol. The van der Waals surface area contributed by atoms with Crippen molar-refractivity contribution in [3.05, 3.63) is 59.4 Å². The molecule has 3 nitrogen and oxygen atoms in total. The van der Waals surface area contributed by atoms with Crippen LogP contribution < -0.4 is 0 Å². The number of benzene rings is 1. The molecule has 22 heavy (non-hydrogen) atoms. The lowest BCUT2D eigenvalue weighted by molar-refractivity contribution is 0.103. The van der Waals surface area contributed by atoms with Crippen LogP contribution in [0, 0.1) is 0 Å². The Morgan fingerprint density at radius 3 is 2.32 bits per heavy atom. The van der Waals surface area contributed by atoms with E-state index in [4.69, 9.17) is 0 Å². The molecular formula is C19H26N2O. The Kier molecular flexibility index (Phi) is 6.41. The van der Waals surface area contributed by atoms with Gasteiger partial charge in [-0.15, -0.1) is 0 Å². The molecule has 118 valence electrons. The Hall–Kier alpha value is -1.87. The lowest BCUT2D eigenvalue weighted by atomic mass is 10.0. The molecule has 3 heteroatoms. The minimum Gasteiger partial charge on any atom is -0.358 e. The molecule has 0 radical (unpaired) electrons. The van der Waals surface area contributed by atoms with Gasteiger partial charge < -0.3 is 9.88 Å². The number of aromatic amines is 1. The summed E-state index contributed by atoms with van der Waals surface area (Å²) in [4.78, 5) is 18.2. The molecule has 2 rings (SSSR count). The minimum absolute atomic E-state index is 0.0816. The first-order valence-corrected chi connectivity index (χ1v) is 8.24. The molecule has 0 amide bonds. The molecule has 0 aliphatic rings. The topological polar surface area (TPSA) is 36.1 Å². The number of hydrogen-bond donors (Lipinski definition) is 1. The van der Waals surface area contributed by atoms with Crippen LogP contribution in [0.3, 0.4) is 0 Å². The number of H-pyrrole nitrogens is 1. The van der Waals surface area contributed by atoms with Gasteiger partial charge in [-0.25, -0.2) is 0 Å². The number of ketones is 1. The van der Waals surface area contributed by atoms with Gasteiger partial charge in [0.1, 0.15) is 0 Å². The molecule has 1 heterocycles. The van der Waals surface area contributed by atoms with E-state index in [1.165, 1.54) is 12.8 Å². The van der Waals surface area contributed by atoms with Crippen molar-refractivity contribution in [1.29, 1.82) is 0 Å². The molecule has 0 unspecified atom stereocenters. The first-order valence-electron chi connectivity index (χ1n) is 8.24. The largest absolute Gasteiger partial charge is 0.358 e. The first kappa shape index (κ1) is 16.5. The summed E-state index contributed by atoms with van der Waals surface area (Å²) >= 11 is 0. The molecule has 0 saturated heterocycles. The van der Waals surface area contributed by atoms with Crippen molar-refractivity contribution in [2.45, 2.75) is 33.1 Å². The lowest BCUT2D eigenvalue weighted by Crippen LogP contribution is -2.28. The fraction of sp³-hybridized carbons (Fsp3) is 0.421. The van der Waals surface area contributed by atoms with E-state index in [-0.39, 0.29) is 5.78 Å². The molecule has 2 aromatic rings. The summed E-state index contributed by atoms with van der Waals surface area (Å²) in [6, 6.07) is 11.5. The highest BCUT2D eigenvalue weighted by molar-refractivity contribution is 6.08. The zero-order valence-electron chi connectivity index (χ0n) is 13.6. The number of aromatic nitrogens is 1. The third kappa shape index (κ3) is 4.31. The van der Waals surface area contributed by atoms with Gasteiger partial charge in [0, 0.05) is 18.3 Å². The Morgan fingerprint density at radius 2 is 1.68 bits per heavy atom. The predicted molar refractivity (Wildman–Crippen MR) is 91.4 cm³/mol. The molecule has 1 N–H and O–H groups in total. The average molecular weight is 298 g/mol. The van der Waals surface area contributed by atoms with Crippen molar-refractivity contribution in [1.82, 2.24) is 9.88 Å². The van der Waals surface area contributed by atoms with Gasteiger partial charge in [-0.2, -0.15) is 0 Å². The lowest BCUT2D eigenvalue weighted by Gasteiger charge is -2.20. The van der Waals surface area contributed by atoms with Gasteiger partial charge in [0.15, 0.2) is 0 Å². The normalized spacial score (nSPS) is 11.0. The fourth-order valence-electron chi connectivity index (χ4n) is 2.80. The average Bonchev–Trinajstić information content (AvgIpc) is 3.01. The van der Waals surface area contributed by atoms with Crippen molar-refractivity contribution in [2.75, 3.05) is 19.6 Å².